The van der Waals surface area contributed by atoms with Crippen LogP contribution in [0.5, 0.6) is 0 Å². The van der Waals surface area contributed by atoms with Crippen molar-refractivity contribution in [3.8, 4) is 0 Å². The number of aromatic nitrogens is 2. The zero-order chi connectivity index (χ0) is 13.7. The van der Waals surface area contributed by atoms with E-state index in [1.807, 2.05) is 0 Å². The Balaban J connectivity index is 2.14. The Hall–Kier alpha value is -1.14. The summed E-state index contributed by atoms with van der Waals surface area (Å²) in [5.41, 5.74) is 0.647. The molecule has 1 aliphatic rings. The highest BCUT2D eigenvalue weighted by atomic mass is 79.9. The average molecular weight is 327 g/mol. The van der Waals surface area contributed by atoms with Crippen LogP contribution in [0, 0.1) is 0 Å². The first-order valence-corrected chi connectivity index (χ1v) is 7.35. The molecular weight excluding hydrogens is 308 g/mol. The Morgan fingerprint density at radius 2 is 2.42 bits per heavy atom. The van der Waals surface area contributed by atoms with Gasteiger partial charge in [-0.05, 0) is 48.3 Å². The van der Waals surface area contributed by atoms with Crippen LogP contribution in [0.2, 0.25) is 0 Å². The molecule has 0 aromatic carbocycles. The largest absolute Gasteiger partial charge is 0.380 e. The number of hydrogen-bond donors (Lipinski definition) is 2. The Morgan fingerprint density at radius 1 is 1.58 bits per heavy atom. The monoisotopic (exact) mass is 326 g/mol. The van der Waals surface area contributed by atoms with Crippen LogP contribution in [0.25, 0.3) is 0 Å². The highest BCUT2D eigenvalue weighted by Gasteiger charge is 2.15. The quantitative estimate of drug-likeness (QED) is 0.827. The zero-order valence-corrected chi connectivity index (χ0v) is 12.4. The standard InChI is InChI=1S/C13H19BrN4O/c1-2-8-18-13(19)12(14)11(9-16-18)17-10-4-3-6-15-7-5-10/h2,9-10,15,17H,1,3-8H2. The number of anilines is 1. The molecule has 2 N–H and O–H groups in total. The predicted molar refractivity (Wildman–Crippen MR) is 80.5 cm³/mol. The van der Waals surface area contributed by atoms with E-state index in [9.17, 15) is 4.79 Å². The summed E-state index contributed by atoms with van der Waals surface area (Å²) in [6.45, 7) is 6.12. The van der Waals surface area contributed by atoms with Crippen molar-refractivity contribution in [2.75, 3.05) is 18.4 Å². The van der Waals surface area contributed by atoms with Gasteiger partial charge >= 0.3 is 0 Å². The maximum Gasteiger partial charge on any atom is 0.283 e. The minimum Gasteiger partial charge on any atom is -0.380 e. The van der Waals surface area contributed by atoms with E-state index < -0.39 is 0 Å². The molecule has 2 heterocycles. The van der Waals surface area contributed by atoms with Gasteiger partial charge in [0.2, 0.25) is 0 Å². The van der Waals surface area contributed by atoms with E-state index in [1.54, 1.807) is 12.3 Å². The van der Waals surface area contributed by atoms with Gasteiger partial charge in [-0.15, -0.1) is 6.58 Å². The molecule has 2 rings (SSSR count). The molecule has 6 heteroatoms. The van der Waals surface area contributed by atoms with Crippen molar-refractivity contribution in [2.24, 2.45) is 0 Å². The third-order valence-corrected chi connectivity index (χ3v) is 3.99. The van der Waals surface area contributed by atoms with Crippen LogP contribution in [0.3, 0.4) is 0 Å². The van der Waals surface area contributed by atoms with Crippen molar-refractivity contribution in [1.82, 2.24) is 15.1 Å². The van der Waals surface area contributed by atoms with Crippen molar-refractivity contribution in [3.05, 3.63) is 33.7 Å². The average Bonchev–Trinajstić information content (AvgIpc) is 2.67. The van der Waals surface area contributed by atoms with Gasteiger partial charge in [0.25, 0.3) is 5.56 Å². The van der Waals surface area contributed by atoms with Crippen LogP contribution in [0.1, 0.15) is 19.3 Å². The van der Waals surface area contributed by atoms with Gasteiger partial charge < -0.3 is 10.6 Å². The van der Waals surface area contributed by atoms with Crippen LogP contribution in [0.15, 0.2) is 28.1 Å². The SMILES string of the molecule is C=CCn1ncc(NC2CCCNCC2)c(Br)c1=O. The Labute approximate surface area is 121 Å². The van der Waals surface area contributed by atoms with Crippen molar-refractivity contribution >= 4 is 21.6 Å². The van der Waals surface area contributed by atoms with Crippen LogP contribution in [0.4, 0.5) is 5.69 Å². The minimum absolute atomic E-state index is 0.128. The molecule has 1 saturated heterocycles. The smallest absolute Gasteiger partial charge is 0.283 e. The molecule has 1 aliphatic heterocycles. The molecule has 19 heavy (non-hydrogen) atoms. The molecule has 1 atom stereocenters. The lowest BCUT2D eigenvalue weighted by molar-refractivity contribution is 0.625. The summed E-state index contributed by atoms with van der Waals surface area (Å²) in [6, 6.07) is 0.391. The van der Waals surface area contributed by atoms with Crippen molar-refractivity contribution in [1.29, 1.82) is 0 Å². The van der Waals surface area contributed by atoms with E-state index in [1.165, 1.54) is 4.68 Å². The number of nitrogens with zero attached hydrogens (tertiary/aromatic N) is 2. The van der Waals surface area contributed by atoms with Gasteiger partial charge in [0.05, 0.1) is 18.4 Å². The second-order valence-electron chi connectivity index (χ2n) is 4.67. The topological polar surface area (TPSA) is 59.0 Å². The highest BCUT2D eigenvalue weighted by molar-refractivity contribution is 9.10. The molecule has 0 amide bonds. The lowest BCUT2D eigenvalue weighted by atomic mass is 10.1. The van der Waals surface area contributed by atoms with Gasteiger partial charge in [-0.3, -0.25) is 4.79 Å². The zero-order valence-electron chi connectivity index (χ0n) is 10.9. The Morgan fingerprint density at radius 3 is 3.21 bits per heavy atom. The molecule has 1 aromatic rings. The second kappa shape index (κ2) is 6.86. The van der Waals surface area contributed by atoms with Gasteiger partial charge in [-0.25, -0.2) is 4.68 Å². The summed E-state index contributed by atoms with van der Waals surface area (Å²) < 4.78 is 1.93. The first-order valence-electron chi connectivity index (χ1n) is 6.56. The molecular formula is C13H19BrN4O. The molecule has 104 valence electrons. The molecule has 0 aliphatic carbocycles. The van der Waals surface area contributed by atoms with Crippen LogP contribution in [-0.2, 0) is 6.54 Å². The van der Waals surface area contributed by atoms with Gasteiger partial charge in [-0.1, -0.05) is 6.08 Å². The van der Waals surface area contributed by atoms with E-state index in [2.05, 4.69) is 38.2 Å². The summed E-state index contributed by atoms with van der Waals surface area (Å²) in [4.78, 5) is 12.0. The lowest BCUT2D eigenvalue weighted by Gasteiger charge is -2.18. The van der Waals surface area contributed by atoms with Gasteiger partial charge in [0.1, 0.15) is 4.47 Å². The molecule has 1 aromatic heterocycles. The summed E-state index contributed by atoms with van der Waals surface area (Å²) in [5.74, 6) is 0. The minimum atomic E-state index is -0.128. The van der Waals surface area contributed by atoms with Crippen molar-refractivity contribution in [3.63, 3.8) is 0 Å². The maximum atomic E-state index is 12.0. The van der Waals surface area contributed by atoms with E-state index in [4.69, 9.17) is 0 Å². The number of hydrogen-bond acceptors (Lipinski definition) is 4. The second-order valence-corrected chi connectivity index (χ2v) is 5.46. The fourth-order valence-corrected chi connectivity index (χ4v) is 2.62. The molecule has 0 radical (unpaired) electrons. The summed E-state index contributed by atoms with van der Waals surface area (Å²) in [7, 11) is 0. The summed E-state index contributed by atoms with van der Waals surface area (Å²) >= 11 is 3.36. The molecule has 1 unspecified atom stereocenters. The Bertz CT molecular complexity index is 492. The predicted octanol–water partition coefficient (Wildman–Crippen LogP) is 1.75. The first-order chi connectivity index (χ1) is 9.22. The van der Waals surface area contributed by atoms with E-state index >= 15 is 0 Å². The number of rotatable bonds is 4. The highest BCUT2D eigenvalue weighted by Crippen LogP contribution is 2.20. The summed E-state index contributed by atoms with van der Waals surface area (Å²) in [6.07, 6.45) is 6.67. The van der Waals surface area contributed by atoms with Crippen molar-refractivity contribution < 1.29 is 0 Å². The molecule has 5 nitrogen and oxygen atoms in total. The summed E-state index contributed by atoms with van der Waals surface area (Å²) in [5, 5.41) is 10.9. The van der Waals surface area contributed by atoms with Gasteiger partial charge in [0, 0.05) is 6.04 Å². The number of nitrogens with one attached hydrogen (secondary N) is 2. The van der Waals surface area contributed by atoms with E-state index in [-0.39, 0.29) is 5.56 Å². The van der Waals surface area contributed by atoms with Crippen LogP contribution >= 0.6 is 15.9 Å². The van der Waals surface area contributed by atoms with Gasteiger partial charge in [-0.2, -0.15) is 5.10 Å². The molecule has 0 spiro atoms. The fourth-order valence-electron chi connectivity index (χ4n) is 2.20. The van der Waals surface area contributed by atoms with Gasteiger partial charge in [0.15, 0.2) is 0 Å². The maximum absolute atomic E-state index is 12.0. The third-order valence-electron chi connectivity index (χ3n) is 3.22. The molecule has 0 bridgehead atoms. The molecule has 1 fully saturated rings. The van der Waals surface area contributed by atoms with E-state index in [0.717, 1.165) is 38.0 Å². The Kier molecular flexibility index (Phi) is 5.15. The molecule has 0 saturated carbocycles. The van der Waals surface area contributed by atoms with Crippen molar-refractivity contribution in [2.45, 2.75) is 31.8 Å². The van der Waals surface area contributed by atoms with Crippen LogP contribution in [-0.4, -0.2) is 28.9 Å². The van der Waals surface area contributed by atoms with E-state index in [0.29, 0.717) is 17.1 Å². The van der Waals surface area contributed by atoms with Crippen LogP contribution < -0.4 is 16.2 Å². The normalized spacial score (nSPS) is 19.7. The fraction of sp³-hybridized carbons (Fsp3) is 0.538. The number of halogens is 1. The first kappa shape index (κ1) is 14.3. The number of allylic oxidation sites excluding steroid dienone is 1. The lowest BCUT2D eigenvalue weighted by Crippen LogP contribution is -2.27. The third kappa shape index (κ3) is 3.67.